The van der Waals surface area contributed by atoms with Crippen molar-refractivity contribution in [3.8, 4) is 28.5 Å². The number of anilines is 1. The van der Waals surface area contributed by atoms with Gasteiger partial charge in [-0.05, 0) is 0 Å². The van der Waals surface area contributed by atoms with E-state index in [0.717, 1.165) is 0 Å². The Morgan fingerprint density at radius 2 is 2.00 bits per heavy atom. The van der Waals surface area contributed by atoms with Gasteiger partial charge in [0.1, 0.15) is 11.6 Å². The number of benzene rings is 1. The minimum Gasteiger partial charge on any atom is -0.506 e. The maximum absolute atomic E-state index is 9.84. The van der Waals surface area contributed by atoms with Crippen molar-refractivity contribution in [2.24, 2.45) is 7.05 Å². The molecule has 2 rings (SSSR count). The highest BCUT2D eigenvalue weighted by molar-refractivity contribution is 6.35. The Balaban J connectivity index is 2.76. The van der Waals surface area contributed by atoms with E-state index < -0.39 is 0 Å². The summed E-state index contributed by atoms with van der Waals surface area (Å²) in [6, 6.07) is 3.03. The van der Waals surface area contributed by atoms with E-state index in [4.69, 9.17) is 26.8 Å². The first-order valence-corrected chi connectivity index (χ1v) is 5.80. The topological polar surface area (TPSA) is 82.5 Å². The van der Waals surface area contributed by atoms with Crippen molar-refractivity contribution in [1.29, 1.82) is 0 Å². The quantitative estimate of drug-likeness (QED) is 0.901. The van der Waals surface area contributed by atoms with Crippen LogP contribution in [0, 0.1) is 0 Å². The van der Waals surface area contributed by atoms with E-state index >= 15 is 0 Å². The summed E-state index contributed by atoms with van der Waals surface area (Å²) < 4.78 is 12.0. The molecule has 1 aromatic carbocycles. The van der Waals surface area contributed by atoms with Gasteiger partial charge in [0, 0.05) is 19.2 Å². The lowest BCUT2D eigenvalue weighted by Crippen LogP contribution is -1.97. The molecule has 0 saturated heterocycles. The molecule has 102 valence electrons. The Bertz CT molecular complexity index is 606. The molecule has 0 spiro atoms. The number of nitrogens with zero attached hydrogens (tertiary/aromatic N) is 2. The average Bonchev–Trinajstić information content (AvgIpc) is 2.71. The predicted octanol–water partition coefficient (Wildman–Crippen LogP) is 2.05. The molecule has 3 N–H and O–H groups in total. The molecule has 0 aliphatic heterocycles. The van der Waals surface area contributed by atoms with Gasteiger partial charge in [0.05, 0.1) is 30.5 Å². The van der Waals surface area contributed by atoms with Crippen LogP contribution >= 0.6 is 11.6 Å². The molecule has 7 heteroatoms. The fourth-order valence-corrected chi connectivity index (χ4v) is 2.03. The fourth-order valence-electron chi connectivity index (χ4n) is 1.79. The van der Waals surface area contributed by atoms with Gasteiger partial charge in [-0.3, -0.25) is 4.68 Å². The highest BCUT2D eigenvalue weighted by atomic mass is 35.5. The number of phenols is 1. The number of halogens is 1. The van der Waals surface area contributed by atoms with Crippen LogP contribution in [0.15, 0.2) is 12.1 Å². The van der Waals surface area contributed by atoms with E-state index in [2.05, 4.69) is 5.10 Å². The second-order valence-electron chi connectivity index (χ2n) is 3.90. The molecule has 0 fully saturated rings. The Morgan fingerprint density at radius 1 is 1.32 bits per heavy atom. The summed E-state index contributed by atoms with van der Waals surface area (Å²) in [7, 11) is 4.67. The molecule has 0 unspecified atom stereocenters. The van der Waals surface area contributed by atoms with Crippen LogP contribution in [0.4, 0.5) is 5.82 Å². The molecule has 6 nitrogen and oxygen atoms in total. The second-order valence-corrected chi connectivity index (χ2v) is 4.28. The average molecular weight is 284 g/mol. The van der Waals surface area contributed by atoms with Crippen molar-refractivity contribution in [3.05, 3.63) is 17.2 Å². The zero-order valence-corrected chi connectivity index (χ0v) is 11.5. The van der Waals surface area contributed by atoms with Gasteiger partial charge in [0.25, 0.3) is 0 Å². The number of ether oxygens (including phenoxy) is 2. The smallest absolute Gasteiger partial charge is 0.171 e. The van der Waals surface area contributed by atoms with Gasteiger partial charge in [-0.25, -0.2) is 0 Å². The van der Waals surface area contributed by atoms with Crippen LogP contribution < -0.4 is 15.2 Å². The first-order valence-electron chi connectivity index (χ1n) is 5.43. The molecule has 0 saturated carbocycles. The highest BCUT2D eigenvalue weighted by Gasteiger charge is 2.22. The van der Waals surface area contributed by atoms with Gasteiger partial charge in [-0.1, -0.05) is 11.6 Å². The molecule has 0 bridgehead atoms. The summed E-state index contributed by atoms with van der Waals surface area (Å²) in [4.78, 5) is 0. The monoisotopic (exact) mass is 283 g/mol. The van der Waals surface area contributed by atoms with Gasteiger partial charge in [0.15, 0.2) is 11.5 Å². The van der Waals surface area contributed by atoms with Crippen molar-refractivity contribution in [2.45, 2.75) is 0 Å². The van der Waals surface area contributed by atoms with E-state index in [1.807, 2.05) is 0 Å². The standard InChI is InChI=1S/C12H14ClN3O3/c1-16-9(14)4-6(15-16)10-11(13)7(17)5-8(18-2)12(10)19-3/h4-5,17H,14H2,1-3H3. The third-order valence-corrected chi connectivity index (χ3v) is 3.14. The van der Waals surface area contributed by atoms with Crippen molar-refractivity contribution < 1.29 is 14.6 Å². The van der Waals surface area contributed by atoms with E-state index in [9.17, 15) is 5.11 Å². The number of hydrogen-bond acceptors (Lipinski definition) is 5. The third-order valence-electron chi connectivity index (χ3n) is 2.76. The van der Waals surface area contributed by atoms with Crippen molar-refractivity contribution in [1.82, 2.24) is 9.78 Å². The molecule has 0 aliphatic carbocycles. The largest absolute Gasteiger partial charge is 0.506 e. The summed E-state index contributed by atoms with van der Waals surface area (Å²) in [6.07, 6.45) is 0. The van der Waals surface area contributed by atoms with Crippen LogP contribution in [0.2, 0.25) is 5.02 Å². The van der Waals surface area contributed by atoms with E-state index in [0.29, 0.717) is 28.6 Å². The number of rotatable bonds is 3. The highest BCUT2D eigenvalue weighted by Crippen LogP contribution is 2.47. The van der Waals surface area contributed by atoms with Crippen LogP contribution in [0.25, 0.3) is 11.3 Å². The second kappa shape index (κ2) is 4.89. The number of aromatic hydroxyl groups is 1. The molecule has 0 aliphatic rings. The van der Waals surface area contributed by atoms with E-state index in [1.54, 1.807) is 13.1 Å². The zero-order chi connectivity index (χ0) is 14.2. The Kier molecular flexibility index (Phi) is 3.44. The van der Waals surface area contributed by atoms with Crippen molar-refractivity contribution in [2.75, 3.05) is 20.0 Å². The van der Waals surface area contributed by atoms with E-state index in [-0.39, 0.29) is 10.8 Å². The lowest BCUT2D eigenvalue weighted by Gasteiger charge is -2.14. The molecular weight excluding hydrogens is 270 g/mol. The van der Waals surface area contributed by atoms with Gasteiger partial charge in [0.2, 0.25) is 0 Å². The number of nitrogens with two attached hydrogens (primary N) is 1. The van der Waals surface area contributed by atoms with E-state index in [1.165, 1.54) is 25.0 Å². The lowest BCUT2D eigenvalue weighted by molar-refractivity contribution is 0.352. The number of aromatic nitrogens is 2. The molecule has 0 amide bonds. The lowest BCUT2D eigenvalue weighted by atomic mass is 10.1. The molecule has 2 aromatic rings. The van der Waals surface area contributed by atoms with Crippen LogP contribution in [0.1, 0.15) is 0 Å². The molecular formula is C12H14ClN3O3. The van der Waals surface area contributed by atoms with Gasteiger partial charge in [-0.15, -0.1) is 0 Å². The number of methoxy groups -OCH3 is 2. The van der Waals surface area contributed by atoms with Crippen molar-refractivity contribution in [3.63, 3.8) is 0 Å². The van der Waals surface area contributed by atoms with Gasteiger partial charge in [-0.2, -0.15) is 5.10 Å². The first-order chi connectivity index (χ1) is 8.99. The van der Waals surface area contributed by atoms with Crippen LogP contribution in [0.5, 0.6) is 17.2 Å². The van der Waals surface area contributed by atoms with Crippen LogP contribution in [-0.2, 0) is 7.05 Å². The summed E-state index contributed by atoms with van der Waals surface area (Å²) in [6.45, 7) is 0. The maximum atomic E-state index is 9.84. The zero-order valence-electron chi connectivity index (χ0n) is 10.8. The first kappa shape index (κ1) is 13.4. The minimum absolute atomic E-state index is 0.112. The number of hydrogen-bond donors (Lipinski definition) is 2. The summed E-state index contributed by atoms with van der Waals surface area (Å²) in [5.74, 6) is 1.11. The van der Waals surface area contributed by atoms with Crippen molar-refractivity contribution >= 4 is 17.4 Å². The molecule has 0 radical (unpaired) electrons. The number of phenolic OH excluding ortho intramolecular Hbond substituents is 1. The molecule has 19 heavy (non-hydrogen) atoms. The fraction of sp³-hybridized carbons (Fsp3) is 0.250. The summed E-state index contributed by atoms with van der Waals surface area (Å²) in [5.41, 5.74) is 6.69. The maximum Gasteiger partial charge on any atom is 0.171 e. The number of nitrogen functional groups attached to an aromatic ring is 1. The molecule has 1 heterocycles. The van der Waals surface area contributed by atoms with Gasteiger partial charge < -0.3 is 20.3 Å². The molecule has 0 atom stereocenters. The Hall–Kier alpha value is -2.08. The Morgan fingerprint density at radius 3 is 2.47 bits per heavy atom. The minimum atomic E-state index is -0.112. The summed E-state index contributed by atoms with van der Waals surface area (Å²) in [5, 5.41) is 14.2. The number of aryl methyl sites for hydroxylation is 1. The summed E-state index contributed by atoms with van der Waals surface area (Å²) >= 11 is 6.13. The third kappa shape index (κ3) is 2.15. The predicted molar refractivity (Wildman–Crippen MR) is 72.8 cm³/mol. The normalized spacial score (nSPS) is 10.5. The molecule has 1 aromatic heterocycles. The Labute approximate surface area is 115 Å². The SMILES string of the molecule is COc1cc(O)c(Cl)c(-c2cc(N)n(C)n2)c1OC. The van der Waals surface area contributed by atoms with Crippen LogP contribution in [0.3, 0.4) is 0 Å². The van der Waals surface area contributed by atoms with Crippen LogP contribution in [-0.4, -0.2) is 29.1 Å². The van der Waals surface area contributed by atoms with Gasteiger partial charge >= 0.3 is 0 Å².